The summed E-state index contributed by atoms with van der Waals surface area (Å²) in [6, 6.07) is 7.22. The van der Waals surface area contributed by atoms with Gasteiger partial charge in [-0.1, -0.05) is 32.3 Å². The summed E-state index contributed by atoms with van der Waals surface area (Å²) < 4.78 is 11.4. The average molecular weight is 293 g/mol. The molecule has 1 saturated carbocycles. The summed E-state index contributed by atoms with van der Waals surface area (Å²) in [5.74, 6) is 1.32. The molecule has 1 aromatic rings. The van der Waals surface area contributed by atoms with Gasteiger partial charge in [0.2, 0.25) is 0 Å². The lowest BCUT2D eigenvalue weighted by atomic mass is 9.85. The molecule has 0 amide bonds. The Balaban J connectivity index is 1.70. The summed E-state index contributed by atoms with van der Waals surface area (Å²) in [4.78, 5) is 0. The zero-order valence-corrected chi connectivity index (χ0v) is 12.8. The molecule has 4 heteroatoms. The maximum Gasteiger partial charge on any atom is 0.121 e. The van der Waals surface area contributed by atoms with Gasteiger partial charge < -0.3 is 20.3 Å². The molecule has 0 aliphatic heterocycles. The van der Waals surface area contributed by atoms with Gasteiger partial charge in [-0.2, -0.15) is 0 Å². The van der Waals surface area contributed by atoms with E-state index in [1.807, 2.05) is 12.1 Å². The standard InChI is InChI=1S/C17H27NO3/c1-2-13-6-3-4-9-17(13)21-12-15(19)11-20-16-8-5-7-14(18)10-16/h5,7-8,10,13,15,17,19H,2-4,6,9,11-12,18H2,1H3. The fraction of sp³-hybridized carbons (Fsp3) is 0.647. The van der Waals surface area contributed by atoms with E-state index in [4.69, 9.17) is 15.2 Å². The third-order valence-corrected chi connectivity index (χ3v) is 4.17. The topological polar surface area (TPSA) is 64.7 Å². The van der Waals surface area contributed by atoms with Crippen molar-refractivity contribution in [3.63, 3.8) is 0 Å². The van der Waals surface area contributed by atoms with Crippen LogP contribution in [-0.2, 0) is 4.74 Å². The lowest BCUT2D eigenvalue weighted by molar-refractivity contribution is -0.0595. The number of aliphatic hydroxyl groups is 1. The van der Waals surface area contributed by atoms with Crippen molar-refractivity contribution in [3.05, 3.63) is 24.3 Å². The van der Waals surface area contributed by atoms with Crippen LogP contribution in [0.25, 0.3) is 0 Å². The van der Waals surface area contributed by atoms with E-state index in [0.717, 1.165) is 12.8 Å². The van der Waals surface area contributed by atoms with Gasteiger partial charge in [-0.15, -0.1) is 0 Å². The zero-order valence-electron chi connectivity index (χ0n) is 12.8. The predicted molar refractivity (Wildman–Crippen MR) is 84.3 cm³/mol. The van der Waals surface area contributed by atoms with Crippen LogP contribution in [0, 0.1) is 5.92 Å². The molecule has 0 spiro atoms. The van der Waals surface area contributed by atoms with Gasteiger partial charge in [-0.3, -0.25) is 0 Å². The van der Waals surface area contributed by atoms with Crippen molar-refractivity contribution >= 4 is 5.69 Å². The summed E-state index contributed by atoms with van der Waals surface area (Å²) >= 11 is 0. The average Bonchev–Trinajstić information content (AvgIpc) is 2.51. The van der Waals surface area contributed by atoms with Gasteiger partial charge in [0.15, 0.2) is 0 Å². The Morgan fingerprint density at radius 2 is 2.10 bits per heavy atom. The predicted octanol–water partition coefficient (Wildman–Crippen LogP) is 2.99. The third kappa shape index (κ3) is 5.21. The summed E-state index contributed by atoms with van der Waals surface area (Å²) in [6.07, 6.45) is 5.74. The Morgan fingerprint density at radius 1 is 1.29 bits per heavy atom. The monoisotopic (exact) mass is 293 g/mol. The van der Waals surface area contributed by atoms with Crippen molar-refractivity contribution in [1.82, 2.24) is 0 Å². The quantitative estimate of drug-likeness (QED) is 0.759. The Labute approximate surface area is 127 Å². The van der Waals surface area contributed by atoms with E-state index in [9.17, 15) is 5.11 Å². The highest BCUT2D eigenvalue weighted by Crippen LogP contribution is 2.29. The fourth-order valence-corrected chi connectivity index (χ4v) is 2.94. The highest BCUT2D eigenvalue weighted by Gasteiger charge is 2.24. The normalized spacial score (nSPS) is 23.7. The molecule has 0 radical (unpaired) electrons. The van der Waals surface area contributed by atoms with Gasteiger partial charge in [0.1, 0.15) is 18.5 Å². The van der Waals surface area contributed by atoms with Crippen LogP contribution in [-0.4, -0.2) is 30.5 Å². The number of hydrogen-bond acceptors (Lipinski definition) is 4. The lowest BCUT2D eigenvalue weighted by Crippen LogP contribution is -2.32. The molecule has 3 unspecified atom stereocenters. The van der Waals surface area contributed by atoms with E-state index in [1.54, 1.807) is 12.1 Å². The maximum absolute atomic E-state index is 9.99. The summed E-state index contributed by atoms with van der Waals surface area (Å²) in [5.41, 5.74) is 6.34. The number of ether oxygens (including phenoxy) is 2. The van der Waals surface area contributed by atoms with E-state index < -0.39 is 6.10 Å². The largest absolute Gasteiger partial charge is 0.491 e. The second-order valence-electron chi connectivity index (χ2n) is 5.86. The smallest absolute Gasteiger partial charge is 0.121 e. The highest BCUT2D eigenvalue weighted by atomic mass is 16.5. The molecule has 0 saturated heterocycles. The van der Waals surface area contributed by atoms with Crippen molar-refractivity contribution in [2.45, 2.75) is 51.2 Å². The first-order valence-corrected chi connectivity index (χ1v) is 7.97. The molecular weight excluding hydrogens is 266 g/mol. The zero-order chi connectivity index (χ0) is 15.1. The van der Waals surface area contributed by atoms with Crippen LogP contribution in [0.3, 0.4) is 0 Å². The molecule has 1 aliphatic carbocycles. The SMILES string of the molecule is CCC1CCCCC1OCC(O)COc1cccc(N)c1. The molecule has 1 aromatic carbocycles. The second kappa shape index (κ2) is 8.25. The molecule has 3 N–H and O–H groups in total. The number of nitrogen functional groups attached to an aromatic ring is 1. The molecule has 1 fully saturated rings. The first-order valence-electron chi connectivity index (χ1n) is 7.97. The van der Waals surface area contributed by atoms with Crippen LogP contribution in [0.4, 0.5) is 5.69 Å². The van der Waals surface area contributed by atoms with E-state index in [0.29, 0.717) is 30.1 Å². The van der Waals surface area contributed by atoms with Gasteiger partial charge in [-0.25, -0.2) is 0 Å². The Morgan fingerprint density at radius 3 is 2.86 bits per heavy atom. The van der Waals surface area contributed by atoms with Crippen LogP contribution in [0.2, 0.25) is 0 Å². The van der Waals surface area contributed by atoms with E-state index in [-0.39, 0.29) is 6.61 Å². The second-order valence-corrected chi connectivity index (χ2v) is 5.86. The number of hydrogen-bond donors (Lipinski definition) is 2. The Bertz CT molecular complexity index is 424. The van der Waals surface area contributed by atoms with Gasteiger partial charge in [-0.05, 0) is 30.9 Å². The highest BCUT2D eigenvalue weighted by molar-refractivity contribution is 5.43. The number of benzene rings is 1. The van der Waals surface area contributed by atoms with Crippen LogP contribution in [0.5, 0.6) is 5.75 Å². The van der Waals surface area contributed by atoms with Crippen molar-refractivity contribution in [2.75, 3.05) is 18.9 Å². The van der Waals surface area contributed by atoms with Gasteiger partial charge in [0.25, 0.3) is 0 Å². The molecule has 3 atom stereocenters. The van der Waals surface area contributed by atoms with Crippen molar-refractivity contribution in [2.24, 2.45) is 5.92 Å². The molecule has 0 heterocycles. The number of nitrogens with two attached hydrogens (primary N) is 1. The number of anilines is 1. The molecular formula is C17H27NO3. The van der Waals surface area contributed by atoms with Crippen LogP contribution >= 0.6 is 0 Å². The van der Waals surface area contributed by atoms with E-state index >= 15 is 0 Å². The first-order chi connectivity index (χ1) is 10.2. The molecule has 0 aromatic heterocycles. The maximum atomic E-state index is 9.99. The number of rotatable bonds is 7. The van der Waals surface area contributed by atoms with Gasteiger partial charge in [0, 0.05) is 11.8 Å². The van der Waals surface area contributed by atoms with E-state index in [1.165, 1.54) is 19.3 Å². The van der Waals surface area contributed by atoms with Crippen LogP contribution in [0.15, 0.2) is 24.3 Å². The Kier molecular flexibility index (Phi) is 6.33. The summed E-state index contributed by atoms with van der Waals surface area (Å²) in [5, 5.41) is 9.99. The first kappa shape index (κ1) is 16.1. The van der Waals surface area contributed by atoms with Crippen molar-refractivity contribution in [3.8, 4) is 5.75 Å². The van der Waals surface area contributed by atoms with Crippen LogP contribution in [0.1, 0.15) is 39.0 Å². The minimum absolute atomic E-state index is 0.229. The molecule has 1 aliphatic rings. The molecule has 21 heavy (non-hydrogen) atoms. The van der Waals surface area contributed by atoms with Crippen molar-refractivity contribution in [1.29, 1.82) is 0 Å². The van der Waals surface area contributed by atoms with Crippen LogP contribution < -0.4 is 10.5 Å². The van der Waals surface area contributed by atoms with Crippen molar-refractivity contribution < 1.29 is 14.6 Å². The van der Waals surface area contributed by atoms with Gasteiger partial charge in [0.05, 0.1) is 12.7 Å². The fourth-order valence-electron chi connectivity index (χ4n) is 2.94. The third-order valence-electron chi connectivity index (χ3n) is 4.17. The lowest BCUT2D eigenvalue weighted by Gasteiger charge is -2.31. The van der Waals surface area contributed by atoms with E-state index in [2.05, 4.69) is 6.92 Å². The molecule has 2 rings (SSSR count). The minimum atomic E-state index is -0.606. The molecule has 118 valence electrons. The molecule has 4 nitrogen and oxygen atoms in total. The number of aliphatic hydroxyl groups excluding tert-OH is 1. The minimum Gasteiger partial charge on any atom is -0.491 e. The summed E-state index contributed by atoms with van der Waals surface area (Å²) in [6.45, 7) is 2.78. The summed E-state index contributed by atoms with van der Waals surface area (Å²) in [7, 11) is 0. The molecule has 0 bridgehead atoms. The Hall–Kier alpha value is -1.26. The van der Waals surface area contributed by atoms with Gasteiger partial charge >= 0.3 is 0 Å².